The second-order valence-corrected chi connectivity index (χ2v) is 7.99. The predicted molar refractivity (Wildman–Crippen MR) is 107 cm³/mol. The molecule has 0 saturated heterocycles. The standard InChI is InChI=1S/C20H24N2O6S/c1-2-27-20(24)22-15-29(25,26)18-10-8-16(9-11-18)12-13-21-19(23)14-28-17-6-4-3-5-7-17/h3-11H,2,12-15H2,1H3,(H,21,23)(H,22,24). The SMILES string of the molecule is CCOC(=O)NCS(=O)(=O)c1ccc(CCNC(=O)COc2ccccc2)cc1. The Morgan fingerprint density at radius 2 is 1.66 bits per heavy atom. The van der Waals surface area contributed by atoms with Gasteiger partial charge in [0.2, 0.25) is 0 Å². The summed E-state index contributed by atoms with van der Waals surface area (Å²) in [4.78, 5) is 23.1. The number of amides is 2. The fraction of sp³-hybridized carbons (Fsp3) is 0.300. The van der Waals surface area contributed by atoms with Crippen LogP contribution in [0.5, 0.6) is 5.75 Å². The summed E-state index contributed by atoms with van der Waals surface area (Å²) in [6.07, 6.45) is -0.238. The molecule has 2 aromatic carbocycles. The molecule has 8 nitrogen and oxygen atoms in total. The van der Waals surface area contributed by atoms with Crippen molar-refractivity contribution in [2.75, 3.05) is 25.6 Å². The Morgan fingerprint density at radius 3 is 2.31 bits per heavy atom. The fourth-order valence-corrected chi connectivity index (χ4v) is 3.37. The number of rotatable bonds is 10. The van der Waals surface area contributed by atoms with E-state index in [1.165, 1.54) is 12.1 Å². The summed E-state index contributed by atoms with van der Waals surface area (Å²) < 4.78 is 34.4. The molecule has 0 fully saturated rings. The Kier molecular flexibility index (Phi) is 8.47. The van der Waals surface area contributed by atoms with Gasteiger partial charge in [0.25, 0.3) is 5.91 Å². The lowest BCUT2D eigenvalue weighted by Crippen LogP contribution is -2.30. The highest BCUT2D eigenvalue weighted by molar-refractivity contribution is 7.91. The van der Waals surface area contributed by atoms with Crippen molar-refractivity contribution in [3.05, 3.63) is 60.2 Å². The van der Waals surface area contributed by atoms with Crippen LogP contribution in [0.1, 0.15) is 12.5 Å². The molecular formula is C20H24N2O6S. The second-order valence-electron chi connectivity index (χ2n) is 6.00. The second kappa shape index (κ2) is 11.1. The molecule has 0 aliphatic rings. The molecule has 0 aliphatic carbocycles. The number of sulfone groups is 1. The van der Waals surface area contributed by atoms with Crippen molar-refractivity contribution in [1.29, 1.82) is 0 Å². The topological polar surface area (TPSA) is 111 Å². The highest BCUT2D eigenvalue weighted by atomic mass is 32.2. The van der Waals surface area contributed by atoms with Gasteiger partial charge in [-0.1, -0.05) is 30.3 Å². The molecule has 2 amide bonds. The van der Waals surface area contributed by atoms with Gasteiger partial charge >= 0.3 is 6.09 Å². The van der Waals surface area contributed by atoms with Crippen molar-refractivity contribution < 1.29 is 27.5 Å². The quantitative estimate of drug-likeness (QED) is 0.607. The maximum atomic E-state index is 12.2. The van der Waals surface area contributed by atoms with E-state index >= 15 is 0 Å². The molecule has 0 unspecified atom stereocenters. The first-order valence-corrected chi connectivity index (χ1v) is 10.7. The maximum absolute atomic E-state index is 12.2. The molecule has 29 heavy (non-hydrogen) atoms. The van der Waals surface area contributed by atoms with Crippen LogP contribution in [0.4, 0.5) is 4.79 Å². The zero-order chi connectivity index (χ0) is 21.1. The highest BCUT2D eigenvalue weighted by Gasteiger charge is 2.16. The van der Waals surface area contributed by atoms with Crippen LogP contribution in [0, 0.1) is 0 Å². The van der Waals surface area contributed by atoms with Crippen molar-refractivity contribution >= 4 is 21.8 Å². The minimum Gasteiger partial charge on any atom is -0.484 e. The van der Waals surface area contributed by atoms with E-state index in [9.17, 15) is 18.0 Å². The third kappa shape index (κ3) is 7.82. The molecule has 156 valence electrons. The average Bonchev–Trinajstić information content (AvgIpc) is 2.72. The van der Waals surface area contributed by atoms with Gasteiger partial charge in [0.15, 0.2) is 16.4 Å². The molecule has 0 radical (unpaired) electrons. The zero-order valence-electron chi connectivity index (χ0n) is 16.1. The number of alkyl carbamates (subject to hydrolysis) is 1. The Hall–Kier alpha value is -3.07. The van der Waals surface area contributed by atoms with E-state index in [0.717, 1.165) is 5.56 Å². The van der Waals surface area contributed by atoms with Crippen LogP contribution in [0.25, 0.3) is 0 Å². The van der Waals surface area contributed by atoms with E-state index in [0.29, 0.717) is 18.7 Å². The molecule has 0 atom stereocenters. The summed E-state index contributed by atoms with van der Waals surface area (Å²) in [5, 5.41) is 4.95. The summed E-state index contributed by atoms with van der Waals surface area (Å²) in [5.74, 6) is -0.155. The van der Waals surface area contributed by atoms with Crippen molar-refractivity contribution in [2.24, 2.45) is 0 Å². The lowest BCUT2D eigenvalue weighted by atomic mass is 10.1. The molecule has 9 heteroatoms. The third-order valence-electron chi connectivity index (χ3n) is 3.81. The van der Waals surface area contributed by atoms with Crippen LogP contribution >= 0.6 is 0 Å². The molecule has 0 bridgehead atoms. The van der Waals surface area contributed by atoms with E-state index < -0.39 is 21.8 Å². The zero-order valence-corrected chi connectivity index (χ0v) is 16.9. The first-order chi connectivity index (χ1) is 13.9. The lowest BCUT2D eigenvalue weighted by Gasteiger charge is -2.09. The molecule has 2 aromatic rings. The summed E-state index contributed by atoms with van der Waals surface area (Å²) in [7, 11) is -3.66. The Bertz CT molecular complexity index is 898. The monoisotopic (exact) mass is 420 g/mol. The maximum Gasteiger partial charge on any atom is 0.407 e. The van der Waals surface area contributed by atoms with Crippen molar-refractivity contribution in [3.63, 3.8) is 0 Å². The molecule has 0 heterocycles. The molecule has 0 aliphatic heterocycles. The van der Waals surface area contributed by atoms with E-state index in [4.69, 9.17) is 4.74 Å². The van der Waals surface area contributed by atoms with Gasteiger partial charge in [-0.3, -0.25) is 4.79 Å². The minimum absolute atomic E-state index is 0.0747. The lowest BCUT2D eigenvalue weighted by molar-refractivity contribution is -0.123. The number of carbonyl (C=O) groups excluding carboxylic acids is 2. The number of nitrogens with one attached hydrogen (secondary N) is 2. The molecule has 0 aromatic heterocycles. The Morgan fingerprint density at radius 1 is 0.966 bits per heavy atom. The summed E-state index contributed by atoms with van der Waals surface area (Å²) >= 11 is 0. The van der Waals surface area contributed by atoms with Gasteiger partial charge in [-0.15, -0.1) is 0 Å². The van der Waals surface area contributed by atoms with E-state index in [-0.39, 0.29) is 24.0 Å². The Labute approximate surface area is 170 Å². The van der Waals surface area contributed by atoms with Crippen molar-refractivity contribution in [3.8, 4) is 5.75 Å². The van der Waals surface area contributed by atoms with Gasteiger partial charge in [-0.2, -0.15) is 0 Å². The fourth-order valence-electron chi connectivity index (χ4n) is 2.35. The summed E-state index contributed by atoms with van der Waals surface area (Å²) in [5.41, 5.74) is 0.867. The number of ether oxygens (including phenoxy) is 2. The van der Waals surface area contributed by atoms with Gasteiger partial charge in [-0.05, 0) is 43.2 Å². The predicted octanol–water partition coefficient (Wildman–Crippen LogP) is 1.90. The van der Waals surface area contributed by atoms with Crippen molar-refractivity contribution in [1.82, 2.24) is 10.6 Å². The van der Waals surface area contributed by atoms with Gasteiger partial charge in [0.05, 0.1) is 11.5 Å². The van der Waals surface area contributed by atoms with E-state index in [2.05, 4.69) is 15.4 Å². The Balaban J connectivity index is 1.75. The van der Waals surface area contributed by atoms with Crippen LogP contribution in [0.15, 0.2) is 59.5 Å². The van der Waals surface area contributed by atoms with Gasteiger partial charge in [-0.25, -0.2) is 13.2 Å². The summed E-state index contributed by atoms with van der Waals surface area (Å²) in [6.45, 7) is 2.11. The normalized spacial score (nSPS) is 10.8. The third-order valence-corrected chi connectivity index (χ3v) is 5.33. The molecular weight excluding hydrogens is 396 g/mol. The minimum atomic E-state index is -3.66. The van der Waals surface area contributed by atoms with Crippen LogP contribution in [0.2, 0.25) is 0 Å². The number of carbonyl (C=O) groups is 2. The van der Waals surface area contributed by atoms with Gasteiger partial charge < -0.3 is 20.1 Å². The number of para-hydroxylation sites is 1. The van der Waals surface area contributed by atoms with Crippen LogP contribution in [0.3, 0.4) is 0 Å². The van der Waals surface area contributed by atoms with Crippen LogP contribution in [-0.2, 0) is 25.8 Å². The van der Waals surface area contributed by atoms with Gasteiger partial charge in [0.1, 0.15) is 11.6 Å². The van der Waals surface area contributed by atoms with E-state index in [1.807, 2.05) is 18.2 Å². The largest absolute Gasteiger partial charge is 0.484 e. The van der Waals surface area contributed by atoms with E-state index in [1.54, 1.807) is 31.2 Å². The summed E-state index contributed by atoms with van der Waals surface area (Å²) in [6, 6.07) is 15.3. The molecule has 2 N–H and O–H groups in total. The van der Waals surface area contributed by atoms with Crippen LogP contribution in [-0.4, -0.2) is 46.1 Å². The molecule has 0 saturated carbocycles. The number of hydrogen-bond donors (Lipinski definition) is 2. The first kappa shape index (κ1) is 22.2. The van der Waals surface area contributed by atoms with Gasteiger partial charge in [0, 0.05) is 6.54 Å². The highest BCUT2D eigenvalue weighted by Crippen LogP contribution is 2.12. The number of hydrogen-bond acceptors (Lipinski definition) is 6. The van der Waals surface area contributed by atoms with Crippen molar-refractivity contribution in [2.45, 2.75) is 18.2 Å². The average molecular weight is 420 g/mol. The molecule has 0 spiro atoms. The van der Waals surface area contributed by atoms with Crippen LogP contribution < -0.4 is 15.4 Å². The first-order valence-electron chi connectivity index (χ1n) is 9.07. The number of benzene rings is 2. The smallest absolute Gasteiger partial charge is 0.407 e. The molecule has 2 rings (SSSR count).